The summed E-state index contributed by atoms with van der Waals surface area (Å²) in [5.41, 5.74) is -0.238. The average Bonchev–Trinajstić information content (AvgIpc) is 3.33. The molecule has 1 amide bonds. The Labute approximate surface area is 180 Å². The topological polar surface area (TPSA) is 95.3 Å². The molecule has 1 aromatic carbocycles. The standard InChI is InChI=1S/C20H19F3N6O3/c1-31-13-4-5-15(16(9-13)29-26-6-7-27-29)19(30)28-8-2-3-14(12-28)32-18-11-24-17(10-25-18)20(21,22)23/h4-7,9-11,14H,2-3,8,12H2,1H3. The van der Waals surface area contributed by atoms with Crippen LogP contribution in [0.15, 0.2) is 43.0 Å². The number of methoxy groups -OCH3 is 1. The van der Waals surface area contributed by atoms with Crippen LogP contribution in [-0.2, 0) is 6.18 Å². The predicted molar refractivity (Wildman–Crippen MR) is 104 cm³/mol. The minimum atomic E-state index is -4.57. The van der Waals surface area contributed by atoms with Gasteiger partial charge in [-0.1, -0.05) is 0 Å². The molecule has 1 atom stereocenters. The van der Waals surface area contributed by atoms with Gasteiger partial charge < -0.3 is 14.4 Å². The van der Waals surface area contributed by atoms with Crippen molar-refractivity contribution in [2.75, 3.05) is 20.2 Å². The molecule has 1 fully saturated rings. The number of ether oxygens (including phenoxy) is 2. The molecule has 0 radical (unpaired) electrons. The van der Waals surface area contributed by atoms with Gasteiger partial charge in [-0.3, -0.25) is 4.79 Å². The van der Waals surface area contributed by atoms with E-state index in [-0.39, 0.29) is 18.3 Å². The maximum absolute atomic E-state index is 13.3. The highest BCUT2D eigenvalue weighted by molar-refractivity contribution is 5.98. The summed E-state index contributed by atoms with van der Waals surface area (Å²) in [5.74, 6) is 0.282. The van der Waals surface area contributed by atoms with E-state index in [0.29, 0.717) is 42.6 Å². The van der Waals surface area contributed by atoms with Crippen molar-refractivity contribution >= 4 is 5.91 Å². The highest BCUT2D eigenvalue weighted by Gasteiger charge is 2.33. The third-order valence-corrected chi connectivity index (χ3v) is 4.94. The van der Waals surface area contributed by atoms with Crippen molar-refractivity contribution in [2.24, 2.45) is 0 Å². The normalized spacial score (nSPS) is 16.6. The molecule has 12 heteroatoms. The summed E-state index contributed by atoms with van der Waals surface area (Å²) < 4.78 is 48.9. The maximum Gasteiger partial charge on any atom is 0.434 e. The van der Waals surface area contributed by atoms with Crippen molar-refractivity contribution in [3.8, 4) is 17.3 Å². The van der Waals surface area contributed by atoms with Gasteiger partial charge in [0.1, 0.15) is 17.5 Å². The van der Waals surface area contributed by atoms with Crippen LogP contribution in [0.3, 0.4) is 0 Å². The van der Waals surface area contributed by atoms with E-state index >= 15 is 0 Å². The van der Waals surface area contributed by atoms with Crippen LogP contribution >= 0.6 is 0 Å². The van der Waals surface area contributed by atoms with Crippen LogP contribution in [0, 0.1) is 0 Å². The van der Waals surface area contributed by atoms with Crippen LogP contribution in [0.5, 0.6) is 11.6 Å². The first-order valence-corrected chi connectivity index (χ1v) is 9.75. The van der Waals surface area contributed by atoms with Crippen LogP contribution in [0.25, 0.3) is 5.69 Å². The summed E-state index contributed by atoms with van der Waals surface area (Å²) in [6.45, 7) is 0.759. The van der Waals surface area contributed by atoms with Crippen LogP contribution in [0.4, 0.5) is 13.2 Å². The molecule has 1 unspecified atom stereocenters. The number of aromatic nitrogens is 5. The molecule has 4 rings (SSSR count). The first-order valence-electron chi connectivity index (χ1n) is 9.75. The van der Waals surface area contributed by atoms with Gasteiger partial charge in [0.05, 0.1) is 44.0 Å². The van der Waals surface area contributed by atoms with E-state index in [1.165, 1.54) is 24.3 Å². The van der Waals surface area contributed by atoms with Gasteiger partial charge in [-0.2, -0.15) is 28.2 Å². The van der Waals surface area contributed by atoms with Gasteiger partial charge in [-0.15, -0.1) is 0 Å². The molecular formula is C20H19F3N6O3. The Morgan fingerprint density at radius 2 is 1.94 bits per heavy atom. The van der Waals surface area contributed by atoms with Gasteiger partial charge in [0, 0.05) is 12.6 Å². The Morgan fingerprint density at radius 3 is 2.59 bits per heavy atom. The number of nitrogens with zero attached hydrogens (tertiary/aromatic N) is 6. The average molecular weight is 448 g/mol. The second-order valence-electron chi connectivity index (χ2n) is 7.07. The highest BCUT2D eigenvalue weighted by atomic mass is 19.4. The number of carbonyl (C=O) groups is 1. The smallest absolute Gasteiger partial charge is 0.434 e. The number of alkyl halides is 3. The Balaban J connectivity index is 1.50. The van der Waals surface area contributed by atoms with Crippen LogP contribution < -0.4 is 9.47 Å². The predicted octanol–water partition coefficient (Wildman–Crippen LogP) is 2.77. The fourth-order valence-corrected chi connectivity index (χ4v) is 3.41. The van der Waals surface area contributed by atoms with E-state index in [2.05, 4.69) is 20.2 Å². The molecule has 32 heavy (non-hydrogen) atoms. The molecule has 1 aliphatic rings. The van der Waals surface area contributed by atoms with Crippen molar-refractivity contribution < 1.29 is 27.4 Å². The fourth-order valence-electron chi connectivity index (χ4n) is 3.41. The van der Waals surface area contributed by atoms with E-state index in [1.54, 1.807) is 23.1 Å². The van der Waals surface area contributed by atoms with E-state index in [0.717, 1.165) is 6.20 Å². The Hall–Kier alpha value is -3.70. The summed E-state index contributed by atoms with van der Waals surface area (Å²) in [5, 5.41) is 8.21. The van der Waals surface area contributed by atoms with E-state index < -0.39 is 18.0 Å². The third kappa shape index (κ3) is 4.63. The van der Waals surface area contributed by atoms with Gasteiger partial charge in [0.15, 0.2) is 5.69 Å². The molecule has 168 valence electrons. The summed E-state index contributed by atoms with van der Waals surface area (Å²) in [6.07, 6.45) is 0.865. The van der Waals surface area contributed by atoms with E-state index in [1.807, 2.05) is 0 Å². The minimum absolute atomic E-state index is 0.0248. The molecule has 0 aliphatic carbocycles. The molecule has 9 nitrogen and oxygen atoms in total. The largest absolute Gasteiger partial charge is 0.497 e. The summed E-state index contributed by atoms with van der Waals surface area (Å²) >= 11 is 0. The van der Waals surface area contributed by atoms with Gasteiger partial charge >= 0.3 is 6.18 Å². The van der Waals surface area contributed by atoms with Crippen LogP contribution in [0.1, 0.15) is 28.9 Å². The lowest BCUT2D eigenvalue weighted by Gasteiger charge is -2.33. The highest BCUT2D eigenvalue weighted by Crippen LogP contribution is 2.28. The number of rotatable bonds is 5. The summed E-state index contributed by atoms with van der Waals surface area (Å²) in [7, 11) is 1.52. The maximum atomic E-state index is 13.3. The van der Waals surface area contributed by atoms with Gasteiger partial charge in [0.2, 0.25) is 5.88 Å². The Kier molecular flexibility index (Phi) is 5.93. The molecule has 2 aromatic heterocycles. The van der Waals surface area contributed by atoms with E-state index in [4.69, 9.17) is 9.47 Å². The van der Waals surface area contributed by atoms with Gasteiger partial charge in [-0.25, -0.2) is 9.97 Å². The molecular weight excluding hydrogens is 429 g/mol. The molecule has 3 aromatic rings. The number of carbonyl (C=O) groups excluding carboxylic acids is 1. The fraction of sp³-hybridized carbons (Fsp3) is 0.350. The molecule has 0 spiro atoms. The van der Waals surface area contributed by atoms with Crippen molar-refractivity contribution in [1.82, 2.24) is 29.9 Å². The monoisotopic (exact) mass is 448 g/mol. The number of hydrogen-bond acceptors (Lipinski definition) is 7. The second-order valence-corrected chi connectivity index (χ2v) is 7.07. The first-order chi connectivity index (χ1) is 15.3. The molecule has 3 heterocycles. The first kappa shape index (κ1) is 21.5. The second kappa shape index (κ2) is 8.81. The number of hydrogen-bond donors (Lipinski definition) is 0. The van der Waals surface area contributed by atoms with Crippen molar-refractivity contribution in [1.29, 1.82) is 0 Å². The third-order valence-electron chi connectivity index (χ3n) is 4.94. The van der Waals surface area contributed by atoms with Gasteiger partial charge in [-0.05, 0) is 25.0 Å². The molecule has 0 saturated carbocycles. The van der Waals surface area contributed by atoms with Crippen LogP contribution in [0.2, 0.25) is 0 Å². The Bertz CT molecular complexity index is 1070. The summed E-state index contributed by atoms with van der Waals surface area (Å²) in [4.78, 5) is 23.3. The number of likely N-dealkylation sites (tertiary alicyclic amines) is 1. The van der Waals surface area contributed by atoms with Gasteiger partial charge in [0.25, 0.3) is 5.91 Å². The van der Waals surface area contributed by atoms with E-state index in [9.17, 15) is 18.0 Å². The number of piperidine rings is 1. The zero-order chi connectivity index (χ0) is 22.7. The van der Waals surface area contributed by atoms with Crippen molar-refractivity contribution in [3.05, 3.63) is 54.2 Å². The van der Waals surface area contributed by atoms with Crippen molar-refractivity contribution in [2.45, 2.75) is 25.1 Å². The number of benzene rings is 1. The molecule has 1 saturated heterocycles. The quantitative estimate of drug-likeness (QED) is 0.592. The summed E-state index contributed by atoms with van der Waals surface area (Å²) in [6, 6.07) is 4.99. The molecule has 0 bridgehead atoms. The minimum Gasteiger partial charge on any atom is -0.497 e. The zero-order valence-corrected chi connectivity index (χ0v) is 17.0. The number of halogens is 3. The molecule has 0 N–H and O–H groups in total. The number of amides is 1. The van der Waals surface area contributed by atoms with Crippen molar-refractivity contribution in [3.63, 3.8) is 0 Å². The lowest BCUT2D eigenvalue weighted by Crippen LogP contribution is -2.44. The zero-order valence-electron chi connectivity index (χ0n) is 17.0. The molecule has 1 aliphatic heterocycles. The Morgan fingerprint density at radius 1 is 1.16 bits per heavy atom. The van der Waals surface area contributed by atoms with Crippen LogP contribution in [-0.4, -0.2) is 62.1 Å². The lowest BCUT2D eigenvalue weighted by molar-refractivity contribution is -0.141. The SMILES string of the molecule is COc1ccc(C(=O)N2CCCC(Oc3cnc(C(F)(F)F)cn3)C2)c(-n2nccn2)c1. The lowest BCUT2D eigenvalue weighted by atomic mass is 10.1.